The summed E-state index contributed by atoms with van der Waals surface area (Å²) in [5.41, 5.74) is 0.560. The van der Waals surface area contributed by atoms with Crippen molar-refractivity contribution >= 4 is 21.8 Å². The fraction of sp³-hybridized carbons (Fsp3) is 0.417. The van der Waals surface area contributed by atoms with E-state index in [4.69, 9.17) is 4.74 Å². The highest BCUT2D eigenvalue weighted by Crippen LogP contribution is 2.24. The first kappa shape index (κ1) is 13.0. The summed E-state index contributed by atoms with van der Waals surface area (Å²) in [7, 11) is 0. The Hall–Kier alpha value is -1.03. The van der Waals surface area contributed by atoms with E-state index in [9.17, 15) is 4.79 Å². The molecule has 88 valence electrons. The van der Waals surface area contributed by atoms with Gasteiger partial charge >= 0.3 is 0 Å². The summed E-state index contributed by atoms with van der Waals surface area (Å²) in [6, 6.07) is 5.43. The topological polar surface area (TPSA) is 38.3 Å². The van der Waals surface area contributed by atoms with Crippen molar-refractivity contribution in [2.24, 2.45) is 0 Å². The molecule has 1 amide bonds. The lowest BCUT2D eigenvalue weighted by atomic mass is 10.2. The number of carbonyl (C=O) groups excluding carboxylic acids is 1. The Morgan fingerprint density at radius 2 is 2.19 bits per heavy atom. The highest BCUT2D eigenvalue weighted by molar-refractivity contribution is 9.10. The lowest BCUT2D eigenvalue weighted by molar-refractivity contribution is 0.0950. The molecule has 0 fully saturated rings. The van der Waals surface area contributed by atoms with Crippen LogP contribution in [0.4, 0.5) is 0 Å². The van der Waals surface area contributed by atoms with Crippen LogP contribution >= 0.6 is 15.9 Å². The van der Waals surface area contributed by atoms with E-state index in [1.54, 1.807) is 12.1 Å². The molecular weight excluding hydrogens is 270 g/mol. The summed E-state index contributed by atoms with van der Waals surface area (Å²) in [5.74, 6) is 0.503. The number of benzene rings is 1. The number of amides is 1. The van der Waals surface area contributed by atoms with Crippen LogP contribution in [0.25, 0.3) is 0 Å². The van der Waals surface area contributed by atoms with Crippen molar-refractivity contribution in [3.63, 3.8) is 0 Å². The maximum atomic E-state index is 11.8. The van der Waals surface area contributed by atoms with Crippen molar-refractivity contribution in [3.8, 4) is 5.75 Å². The first-order chi connectivity index (χ1) is 7.54. The summed E-state index contributed by atoms with van der Waals surface area (Å²) in [5, 5.41) is 2.76. The SMILES string of the molecule is CCNC(=O)c1cc(Br)ccc1OC(C)C. The smallest absolute Gasteiger partial charge is 0.255 e. The van der Waals surface area contributed by atoms with Gasteiger partial charge in [0.25, 0.3) is 5.91 Å². The molecule has 0 unspecified atom stereocenters. The Bertz CT molecular complexity index is 377. The molecule has 0 saturated heterocycles. The molecule has 1 aromatic rings. The van der Waals surface area contributed by atoms with Crippen LogP contribution < -0.4 is 10.1 Å². The molecule has 1 N–H and O–H groups in total. The second-order valence-electron chi connectivity index (χ2n) is 3.67. The molecule has 0 saturated carbocycles. The molecule has 0 spiro atoms. The van der Waals surface area contributed by atoms with Crippen molar-refractivity contribution in [1.82, 2.24) is 5.32 Å². The van der Waals surface area contributed by atoms with Crippen LogP contribution in [0.2, 0.25) is 0 Å². The van der Waals surface area contributed by atoms with Gasteiger partial charge in [0, 0.05) is 11.0 Å². The second kappa shape index (κ2) is 5.89. The first-order valence-electron chi connectivity index (χ1n) is 5.29. The van der Waals surface area contributed by atoms with Crippen LogP contribution in [0.3, 0.4) is 0 Å². The molecule has 3 nitrogen and oxygen atoms in total. The standard InChI is InChI=1S/C12H16BrNO2/c1-4-14-12(15)10-7-9(13)5-6-11(10)16-8(2)3/h5-8H,4H2,1-3H3,(H,14,15). The van der Waals surface area contributed by atoms with E-state index in [-0.39, 0.29) is 12.0 Å². The first-order valence-corrected chi connectivity index (χ1v) is 6.08. The third kappa shape index (κ3) is 3.52. The van der Waals surface area contributed by atoms with Gasteiger partial charge < -0.3 is 10.1 Å². The number of carbonyl (C=O) groups is 1. The van der Waals surface area contributed by atoms with Gasteiger partial charge in [-0.1, -0.05) is 15.9 Å². The molecule has 0 aliphatic rings. The number of nitrogens with one attached hydrogen (secondary N) is 1. The number of rotatable bonds is 4. The van der Waals surface area contributed by atoms with E-state index in [0.29, 0.717) is 17.9 Å². The van der Waals surface area contributed by atoms with E-state index in [0.717, 1.165) is 4.47 Å². The van der Waals surface area contributed by atoms with Crippen molar-refractivity contribution in [1.29, 1.82) is 0 Å². The summed E-state index contributed by atoms with van der Waals surface area (Å²) in [6.45, 7) is 6.36. The lowest BCUT2D eigenvalue weighted by Crippen LogP contribution is -2.24. The van der Waals surface area contributed by atoms with E-state index < -0.39 is 0 Å². The van der Waals surface area contributed by atoms with Crippen LogP contribution in [0.1, 0.15) is 31.1 Å². The average molecular weight is 286 g/mol. The van der Waals surface area contributed by atoms with E-state index >= 15 is 0 Å². The Labute approximate surface area is 104 Å². The van der Waals surface area contributed by atoms with Crippen molar-refractivity contribution in [3.05, 3.63) is 28.2 Å². The third-order valence-electron chi connectivity index (χ3n) is 1.89. The van der Waals surface area contributed by atoms with Gasteiger partial charge in [-0.2, -0.15) is 0 Å². The average Bonchev–Trinajstić information content (AvgIpc) is 2.20. The van der Waals surface area contributed by atoms with Crippen LogP contribution in [0, 0.1) is 0 Å². The molecule has 16 heavy (non-hydrogen) atoms. The Kier molecular flexibility index (Phi) is 4.80. The fourth-order valence-corrected chi connectivity index (χ4v) is 1.65. The zero-order valence-electron chi connectivity index (χ0n) is 9.71. The van der Waals surface area contributed by atoms with Crippen LogP contribution in [-0.2, 0) is 0 Å². The molecule has 0 aliphatic carbocycles. The van der Waals surface area contributed by atoms with Crippen molar-refractivity contribution in [2.75, 3.05) is 6.54 Å². The predicted octanol–water partition coefficient (Wildman–Crippen LogP) is 2.99. The van der Waals surface area contributed by atoms with Gasteiger partial charge in [0.2, 0.25) is 0 Å². The summed E-state index contributed by atoms with van der Waals surface area (Å²) in [6.07, 6.45) is 0.0503. The molecule has 1 aromatic carbocycles. The van der Waals surface area contributed by atoms with Gasteiger partial charge in [-0.15, -0.1) is 0 Å². The van der Waals surface area contributed by atoms with Gasteiger partial charge in [-0.25, -0.2) is 0 Å². The maximum absolute atomic E-state index is 11.8. The molecule has 0 atom stereocenters. The summed E-state index contributed by atoms with van der Waals surface area (Å²) in [4.78, 5) is 11.8. The van der Waals surface area contributed by atoms with E-state index in [1.165, 1.54) is 0 Å². The number of halogens is 1. The van der Waals surface area contributed by atoms with E-state index in [2.05, 4.69) is 21.2 Å². The minimum Gasteiger partial charge on any atom is -0.490 e. The molecule has 0 aliphatic heterocycles. The lowest BCUT2D eigenvalue weighted by Gasteiger charge is -2.14. The zero-order valence-corrected chi connectivity index (χ0v) is 11.3. The van der Waals surface area contributed by atoms with Gasteiger partial charge in [-0.3, -0.25) is 4.79 Å². The highest BCUT2D eigenvalue weighted by Gasteiger charge is 2.13. The number of hydrogen-bond acceptors (Lipinski definition) is 2. The van der Waals surface area contributed by atoms with Crippen LogP contribution in [0.5, 0.6) is 5.75 Å². The van der Waals surface area contributed by atoms with Crippen LogP contribution in [0.15, 0.2) is 22.7 Å². The molecule has 0 heterocycles. The van der Waals surface area contributed by atoms with Crippen molar-refractivity contribution in [2.45, 2.75) is 26.9 Å². The molecule has 0 aromatic heterocycles. The summed E-state index contributed by atoms with van der Waals surface area (Å²) >= 11 is 3.35. The Balaban J connectivity index is 3.02. The van der Waals surface area contributed by atoms with Crippen LogP contribution in [-0.4, -0.2) is 18.6 Å². The molecule has 4 heteroatoms. The molecule has 1 rings (SSSR count). The molecule has 0 bridgehead atoms. The minimum atomic E-state index is -0.112. The van der Waals surface area contributed by atoms with Gasteiger partial charge in [0.15, 0.2) is 0 Å². The second-order valence-corrected chi connectivity index (χ2v) is 4.58. The molecule has 0 radical (unpaired) electrons. The van der Waals surface area contributed by atoms with Gasteiger partial charge in [0.05, 0.1) is 11.7 Å². The maximum Gasteiger partial charge on any atom is 0.255 e. The number of ether oxygens (including phenoxy) is 1. The minimum absolute atomic E-state index is 0.0503. The summed E-state index contributed by atoms with van der Waals surface area (Å²) < 4.78 is 6.45. The normalized spacial score (nSPS) is 10.3. The monoisotopic (exact) mass is 285 g/mol. The Morgan fingerprint density at radius 1 is 1.50 bits per heavy atom. The van der Waals surface area contributed by atoms with E-state index in [1.807, 2.05) is 26.8 Å². The zero-order chi connectivity index (χ0) is 12.1. The highest BCUT2D eigenvalue weighted by atomic mass is 79.9. The Morgan fingerprint density at radius 3 is 2.75 bits per heavy atom. The van der Waals surface area contributed by atoms with Gasteiger partial charge in [-0.05, 0) is 39.0 Å². The quantitative estimate of drug-likeness (QED) is 0.924. The largest absolute Gasteiger partial charge is 0.490 e. The third-order valence-corrected chi connectivity index (χ3v) is 2.38. The van der Waals surface area contributed by atoms with Gasteiger partial charge in [0.1, 0.15) is 5.75 Å². The predicted molar refractivity (Wildman–Crippen MR) is 67.9 cm³/mol. The fourth-order valence-electron chi connectivity index (χ4n) is 1.29. The number of hydrogen-bond donors (Lipinski definition) is 1. The van der Waals surface area contributed by atoms with Crippen molar-refractivity contribution < 1.29 is 9.53 Å². The molecular formula is C12H16BrNO2.